The molecule has 0 unspecified atom stereocenters. The van der Waals surface area contributed by atoms with Gasteiger partial charge in [0, 0.05) is 0 Å². The molecule has 0 N–H and O–H groups in total. The molecule has 3 rings (SSSR count). The van der Waals surface area contributed by atoms with E-state index >= 15 is 0 Å². The van der Waals surface area contributed by atoms with Crippen molar-refractivity contribution in [2.75, 3.05) is 6.61 Å². The van der Waals surface area contributed by atoms with E-state index in [9.17, 15) is 0 Å². The maximum atomic E-state index is 6.24. The molecule has 0 aromatic heterocycles. The lowest BCUT2D eigenvalue weighted by atomic mass is 9.44. The summed E-state index contributed by atoms with van der Waals surface area (Å²) >= 11 is 0. The Morgan fingerprint density at radius 2 is 1.72 bits per heavy atom. The van der Waals surface area contributed by atoms with Gasteiger partial charge in [0.2, 0.25) is 0 Å². The van der Waals surface area contributed by atoms with Crippen molar-refractivity contribution >= 4 is 0 Å². The summed E-state index contributed by atoms with van der Waals surface area (Å²) < 4.78 is 6.24. The first-order chi connectivity index (χ1) is 8.30. The van der Waals surface area contributed by atoms with E-state index in [0.29, 0.717) is 10.8 Å². The maximum Gasteiger partial charge on any atom is 0.0691 e. The van der Waals surface area contributed by atoms with Crippen LogP contribution < -0.4 is 0 Å². The Balaban J connectivity index is 2.01. The number of rotatable bonds is 0. The van der Waals surface area contributed by atoms with E-state index in [1.54, 1.807) is 0 Å². The topological polar surface area (TPSA) is 9.23 Å². The molecule has 0 bridgehead atoms. The quantitative estimate of drug-likeness (QED) is 0.608. The summed E-state index contributed by atoms with van der Waals surface area (Å²) in [5.74, 6) is 2.43. The van der Waals surface area contributed by atoms with Crippen molar-refractivity contribution in [3.8, 4) is 0 Å². The Kier molecular flexibility index (Phi) is 2.70. The molecule has 18 heavy (non-hydrogen) atoms. The van der Waals surface area contributed by atoms with E-state index in [0.717, 1.165) is 24.4 Å². The average molecular weight is 250 g/mol. The van der Waals surface area contributed by atoms with Crippen LogP contribution in [-0.2, 0) is 4.74 Å². The summed E-state index contributed by atoms with van der Waals surface area (Å²) in [7, 11) is 0. The third-order valence-electron chi connectivity index (χ3n) is 6.82. The van der Waals surface area contributed by atoms with Gasteiger partial charge in [-0.3, -0.25) is 0 Å². The molecule has 5 atom stereocenters. The highest BCUT2D eigenvalue weighted by Crippen LogP contribution is 2.65. The second kappa shape index (κ2) is 3.75. The molecule has 1 heterocycles. The van der Waals surface area contributed by atoms with Crippen LogP contribution in [0, 0.1) is 28.6 Å². The second-order valence-corrected chi connectivity index (χ2v) is 8.52. The normalized spacial score (nSPS) is 54.8. The minimum atomic E-state index is 0.179. The Morgan fingerprint density at radius 1 is 1.00 bits per heavy atom. The summed E-state index contributed by atoms with van der Waals surface area (Å²) in [5.41, 5.74) is 1.24. The minimum absolute atomic E-state index is 0.179. The van der Waals surface area contributed by atoms with Crippen molar-refractivity contribution in [2.45, 2.75) is 72.3 Å². The van der Waals surface area contributed by atoms with Crippen LogP contribution in [0.15, 0.2) is 0 Å². The monoisotopic (exact) mass is 250 g/mol. The largest absolute Gasteiger partial charge is 0.375 e. The Labute approximate surface area is 113 Å². The van der Waals surface area contributed by atoms with E-state index < -0.39 is 0 Å². The fourth-order valence-electron chi connectivity index (χ4n) is 6.37. The van der Waals surface area contributed by atoms with Crippen LogP contribution in [0.3, 0.4) is 0 Å². The van der Waals surface area contributed by atoms with Crippen molar-refractivity contribution in [3.05, 3.63) is 0 Å². The van der Waals surface area contributed by atoms with Gasteiger partial charge in [0.15, 0.2) is 0 Å². The molecule has 0 spiro atoms. The number of fused-ring (bicyclic) bond motifs is 3. The van der Waals surface area contributed by atoms with Gasteiger partial charge in [-0.2, -0.15) is 0 Å². The first-order valence-electron chi connectivity index (χ1n) is 7.94. The van der Waals surface area contributed by atoms with Crippen molar-refractivity contribution in [3.63, 3.8) is 0 Å². The zero-order chi connectivity index (χ0) is 13.2. The van der Waals surface area contributed by atoms with Crippen LogP contribution in [0.4, 0.5) is 0 Å². The van der Waals surface area contributed by atoms with Crippen LogP contribution in [0.1, 0.15) is 66.7 Å². The third kappa shape index (κ3) is 1.55. The molecular weight excluding hydrogens is 220 g/mol. The van der Waals surface area contributed by atoms with E-state index in [2.05, 4.69) is 34.6 Å². The van der Waals surface area contributed by atoms with Crippen LogP contribution in [0.25, 0.3) is 0 Å². The first kappa shape index (κ1) is 13.0. The standard InChI is InChI=1S/C17H30O/c1-12-11-18-17(5)10-7-13-15(2,3)8-6-9-16(13,4)14(12)17/h12-14H,6-11H2,1-5H3/t12-,13-,14+,16-,17-/m0/s1. The molecule has 3 fully saturated rings. The molecular formula is C17H30O. The first-order valence-corrected chi connectivity index (χ1v) is 7.94. The Bertz CT molecular complexity index is 348. The van der Waals surface area contributed by atoms with Crippen molar-refractivity contribution in [1.29, 1.82) is 0 Å². The average Bonchev–Trinajstić information content (AvgIpc) is 2.54. The lowest BCUT2D eigenvalue weighted by Gasteiger charge is -2.61. The van der Waals surface area contributed by atoms with Crippen molar-refractivity contribution < 1.29 is 4.74 Å². The van der Waals surface area contributed by atoms with Crippen LogP contribution in [-0.4, -0.2) is 12.2 Å². The number of hydrogen-bond donors (Lipinski definition) is 0. The Hall–Kier alpha value is -0.0400. The smallest absolute Gasteiger partial charge is 0.0691 e. The molecule has 1 aliphatic heterocycles. The van der Waals surface area contributed by atoms with Gasteiger partial charge >= 0.3 is 0 Å². The highest BCUT2D eigenvalue weighted by molar-refractivity contribution is 5.11. The summed E-state index contributed by atoms with van der Waals surface area (Å²) in [6, 6.07) is 0. The maximum absolute atomic E-state index is 6.24. The molecule has 2 aliphatic carbocycles. The summed E-state index contributed by atoms with van der Waals surface area (Å²) in [5, 5.41) is 0. The molecule has 0 aromatic carbocycles. The lowest BCUT2D eigenvalue weighted by molar-refractivity contribution is -0.151. The van der Waals surface area contributed by atoms with Gasteiger partial charge < -0.3 is 4.74 Å². The van der Waals surface area contributed by atoms with E-state index in [4.69, 9.17) is 4.74 Å². The molecule has 1 heteroatoms. The van der Waals surface area contributed by atoms with Gasteiger partial charge in [-0.05, 0) is 61.2 Å². The van der Waals surface area contributed by atoms with Gasteiger partial charge in [0.25, 0.3) is 0 Å². The predicted octanol–water partition coefficient (Wildman–Crippen LogP) is 4.65. The molecule has 0 aromatic rings. The zero-order valence-corrected chi connectivity index (χ0v) is 12.9. The SMILES string of the molecule is C[C@H]1CO[C@@]2(C)CC[C@H]3C(C)(C)CCC[C@]3(C)[C@@H]12. The molecule has 3 aliphatic rings. The Morgan fingerprint density at radius 3 is 2.44 bits per heavy atom. The number of ether oxygens (including phenoxy) is 1. The summed E-state index contributed by atoms with van der Waals surface area (Å²) in [6.07, 6.45) is 6.93. The molecule has 0 radical (unpaired) electrons. The summed E-state index contributed by atoms with van der Waals surface area (Å²) in [6.45, 7) is 13.4. The minimum Gasteiger partial charge on any atom is -0.375 e. The van der Waals surface area contributed by atoms with E-state index in [1.165, 1.54) is 32.1 Å². The van der Waals surface area contributed by atoms with Crippen LogP contribution in [0.2, 0.25) is 0 Å². The fraction of sp³-hybridized carbons (Fsp3) is 1.00. The third-order valence-corrected chi connectivity index (χ3v) is 6.82. The highest BCUT2D eigenvalue weighted by Gasteiger charge is 2.62. The van der Waals surface area contributed by atoms with Crippen molar-refractivity contribution in [1.82, 2.24) is 0 Å². The second-order valence-electron chi connectivity index (χ2n) is 8.52. The lowest BCUT2D eigenvalue weighted by Crippen LogP contribution is -2.57. The van der Waals surface area contributed by atoms with Gasteiger partial charge in [-0.25, -0.2) is 0 Å². The van der Waals surface area contributed by atoms with Gasteiger partial charge in [-0.15, -0.1) is 0 Å². The van der Waals surface area contributed by atoms with Crippen molar-refractivity contribution in [2.24, 2.45) is 28.6 Å². The molecule has 1 saturated heterocycles. The van der Waals surface area contributed by atoms with E-state index in [-0.39, 0.29) is 5.60 Å². The summed E-state index contributed by atoms with van der Waals surface area (Å²) in [4.78, 5) is 0. The predicted molar refractivity (Wildman–Crippen MR) is 75.5 cm³/mol. The van der Waals surface area contributed by atoms with E-state index in [1.807, 2.05) is 0 Å². The molecule has 1 nitrogen and oxygen atoms in total. The zero-order valence-electron chi connectivity index (χ0n) is 12.9. The molecule has 2 saturated carbocycles. The molecule has 104 valence electrons. The van der Waals surface area contributed by atoms with Crippen LogP contribution >= 0.6 is 0 Å². The molecule has 0 amide bonds. The van der Waals surface area contributed by atoms with Crippen LogP contribution in [0.5, 0.6) is 0 Å². The highest BCUT2D eigenvalue weighted by atomic mass is 16.5. The van der Waals surface area contributed by atoms with Gasteiger partial charge in [0.1, 0.15) is 0 Å². The fourth-order valence-corrected chi connectivity index (χ4v) is 6.37. The number of hydrogen-bond acceptors (Lipinski definition) is 1. The van der Waals surface area contributed by atoms with Gasteiger partial charge in [0.05, 0.1) is 12.2 Å². The van der Waals surface area contributed by atoms with Gasteiger partial charge in [-0.1, -0.05) is 34.1 Å².